The number of nitrogens with zero attached hydrogens (tertiary/aromatic N) is 6. The Morgan fingerprint density at radius 3 is 2.62 bits per heavy atom. The number of aromatic nitrogens is 5. The lowest BCUT2D eigenvalue weighted by Gasteiger charge is -2.07. The second-order valence-electron chi connectivity index (χ2n) is 5.76. The molecule has 0 bridgehead atoms. The molecule has 3 heterocycles. The van der Waals surface area contributed by atoms with E-state index in [2.05, 4.69) is 19.9 Å². The first-order chi connectivity index (χ1) is 12.6. The van der Waals surface area contributed by atoms with Gasteiger partial charge in [-0.25, -0.2) is 15.0 Å². The minimum Gasteiger partial charge on any atom is -0.399 e. The number of hydrogen-bond donors (Lipinski definition) is 2. The van der Waals surface area contributed by atoms with Crippen molar-refractivity contribution in [1.29, 1.82) is 5.26 Å². The topological polar surface area (TPSA) is 132 Å². The largest absolute Gasteiger partial charge is 0.399 e. The second kappa shape index (κ2) is 6.14. The number of imidazole rings is 1. The monoisotopic (exact) mass is 342 g/mol. The van der Waals surface area contributed by atoms with E-state index in [9.17, 15) is 0 Å². The van der Waals surface area contributed by atoms with Crippen LogP contribution in [0.4, 0.5) is 11.6 Å². The number of rotatable bonds is 3. The molecule has 4 rings (SSSR count). The highest BCUT2D eigenvalue weighted by atomic mass is 15.1. The summed E-state index contributed by atoms with van der Waals surface area (Å²) in [4.78, 5) is 17.1. The fraction of sp³-hybridized carbons (Fsp3) is 0.0556. The predicted molar refractivity (Wildman–Crippen MR) is 97.6 cm³/mol. The summed E-state index contributed by atoms with van der Waals surface area (Å²) in [5.41, 5.74) is 16.3. The summed E-state index contributed by atoms with van der Waals surface area (Å²) in [6.07, 6.45) is 3.26. The van der Waals surface area contributed by atoms with E-state index in [0.717, 1.165) is 5.56 Å². The average Bonchev–Trinajstić information content (AvgIpc) is 3.05. The summed E-state index contributed by atoms with van der Waals surface area (Å²) < 4.78 is 1.90. The van der Waals surface area contributed by atoms with Crippen LogP contribution in [0.2, 0.25) is 0 Å². The quantitative estimate of drug-likeness (QED) is 0.544. The molecule has 0 aliphatic carbocycles. The third kappa shape index (κ3) is 2.78. The van der Waals surface area contributed by atoms with Crippen molar-refractivity contribution in [3.63, 3.8) is 0 Å². The van der Waals surface area contributed by atoms with E-state index in [1.807, 2.05) is 34.9 Å². The van der Waals surface area contributed by atoms with Crippen LogP contribution in [0.5, 0.6) is 0 Å². The molecule has 126 valence electrons. The molecule has 4 aromatic rings. The Balaban J connectivity index is 1.82. The number of nitrogens with two attached hydrogens (primary N) is 2. The van der Waals surface area contributed by atoms with Gasteiger partial charge in [0, 0.05) is 17.4 Å². The van der Waals surface area contributed by atoms with Crippen LogP contribution in [0.3, 0.4) is 0 Å². The number of nitriles is 1. The summed E-state index contributed by atoms with van der Waals surface area (Å²) in [5.74, 6) is 0.141. The van der Waals surface area contributed by atoms with Crippen LogP contribution in [0.15, 0.2) is 48.9 Å². The van der Waals surface area contributed by atoms with E-state index < -0.39 is 0 Å². The van der Waals surface area contributed by atoms with Crippen molar-refractivity contribution in [3.05, 3.63) is 60.2 Å². The Bertz CT molecular complexity index is 1140. The molecule has 4 N–H and O–H groups in total. The first kappa shape index (κ1) is 15.5. The first-order valence-corrected chi connectivity index (χ1v) is 7.83. The van der Waals surface area contributed by atoms with Gasteiger partial charge in [-0.3, -0.25) is 0 Å². The lowest BCUT2D eigenvalue weighted by molar-refractivity contribution is 0.814. The molecule has 0 saturated heterocycles. The molecule has 8 heteroatoms. The first-order valence-electron chi connectivity index (χ1n) is 7.83. The maximum absolute atomic E-state index is 9.07. The third-order valence-electron chi connectivity index (χ3n) is 3.96. The second-order valence-corrected chi connectivity index (χ2v) is 5.76. The highest BCUT2D eigenvalue weighted by Crippen LogP contribution is 2.26. The van der Waals surface area contributed by atoms with Gasteiger partial charge in [-0.15, -0.1) is 0 Å². The van der Waals surface area contributed by atoms with Crippen LogP contribution in [0.25, 0.3) is 22.4 Å². The van der Waals surface area contributed by atoms with Crippen molar-refractivity contribution in [2.45, 2.75) is 6.54 Å². The molecule has 3 aromatic heterocycles. The molecule has 0 atom stereocenters. The van der Waals surface area contributed by atoms with Gasteiger partial charge in [-0.2, -0.15) is 10.2 Å². The van der Waals surface area contributed by atoms with Crippen LogP contribution in [0, 0.1) is 11.3 Å². The highest BCUT2D eigenvalue weighted by molar-refractivity contribution is 5.88. The van der Waals surface area contributed by atoms with Gasteiger partial charge in [0.15, 0.2) is 5.65 Å². The molecule has 0 unspecified atom stereocenters. The van der Waals surface area contributed by atoms with Crippen molar-refractivity contribution >= 4 is 22.8 Å². The van der Waals surface area contributed by atoms with Crippen LogP contribution in [0.1, 0.15) is 11.3 Å². The lowest BCUT2D eigenvalue weighted by atomic mass is 10.1. The van der Waals surface area contributed by atoms with Gasteiger partial charge < -0.3 is 16.0 Å². The van der Waals surface area contributed by atoms with Crippen molar-refractivity contribution in [2.24, 2.45) is 0 Å². The number of benzene rings is 1. The van der Waals surface area contributed by atoms with Gasteiger partial charge in [0.05, 0.1) is 12.9 Å². The summed E-state index contributed by atoms with van der Waals surface area (Å²) >= 11 is 0. The molecule has 0 amide bonds. The summed E-state index contributed by atoms with van der Waals surface area (Å²) in [6, 6.07) is 13.0. The van der Waals surface area contributed by atoms with Gasteiger partial charge in [-0.1, -0.05) is 12.1 Å². The zero-order chi connectivity index (χ0) is 18.1. The van der Waals surface area contributed by atoms with Crippen LogP contribution < -0.4 is 11.5 Å². The SMILES string of the molecule is N#Cc1cc(-c2nc(N)nc3c2ncn3Cc2ccc(N)cc2)ccn1. The number of fused-ring (bicyclic) bond motifs is 1. The van der Waals surface area contributed by atoms with Gasteiger partial charge >= 0.3 is 0 Å². The Hall–Kier alpha value is -3.99. The van der Waals surface area contributed by atoms with Crippen molar-refractivity contribution in [3.8, 4) is 17.3 Å². The fourth-order valence-corrected chi connectivity index (χ4v) is 2.74. The molecule has 0 spiro atoms. The number of hydrogen-bond acceptors (Lipinski definition) is 7. The van der Waals surface area contributed by atoms with E-state index in [0.29, 0.717) is 40.3 Å². The minimum atomic E-state index is 0.141. The molecule has 8 nitrogen and oxygen atoms in total. The summed E-state index contributed by atoms with van der Waals surface area (Å²) in [6.45, 7) is 0.576. The highest BCUT2D eigenvalue weighted by Gasteiger charge is 2.14. The van der Waals surface area contributed by atoms with E-state index in [1.165, 1.54) is 0 Å². The van der Waals surface area contributed by atoms with E-state index in [-0.39, 0.29) is 5.95 Å². The Morgan fingerprint density at radius 1 is 1.04 bits per heavy atom. The molecule has 26 heavy (non-hydrogen) atoms. The number of pyridine rings is 1. The van der Waals surface area contributed by atoms with Crippen molar-refractivity contribution < 1.29 is 0 Å². The van der Waals surface area contributed by atoms with Crippen molar-refractivity contribution in [2.75, 3.05) is 11.5 Å². The molecular formula is C18H14N8. The molecule has 1 aromatic carbocycles. The Morgan fingerprint density at radius 2 is 1.85 bits per heavy atom. The third-order valence-corrected chi connectivity index (χ3v) is 3.96. The van der Waals surface area contributed by atoms with Crippen LogP contribution >= 0.6 is 0 Å². The molecule has 0 fully saturated rings. The summed E-state index contributed by atoms with van der Waals surface area (Å²) in [7, 11) is 0. The van der Waals surface area contributed by atoms with Gasteiger partial charge in [0.1, 0.15) is 23.0 Å². The molecule has 0 aliphatic heterocycles. The summed E-state index contributed by atoms with van der Waals surface area (Å²) in [5, 5.41) is 9.07. The zero-order valence-electron chi connectivity index (χ0n) is 13.7. The molecular weight excluding hydrogens is 328 g/mol. The van der Waals surface area contributed by atoms with Gasteiger partial charge in [0.2, 0.25) is 5.95 Å². The maximum atomic E-state index is 9.07. The smallest absolute Gasteiger partial charge is 0.222 e. The maximum Gasteiger partial charge on any atom is 0.222 e. The fourth-order valence-electron chi connectivity index (χ4n) is 2.74. The predicted octanol–water partition coefficient (Wildman–Crippen LogP) is 1.97. The van der Waals surface area contributed by atoms with E-state index >= 15 is 0 Å². The number of nitrogen functional groups attached to an aromatic ring is 2. The molecule has 0 saturated carbocycles. The Labute approximate surface area is 148 Å². The minimum absolute atomic E-state index is 0.141. The average molecular weight is 342 g/mol. The van der Waals surface area contributed by atoms with E-state index in [4.69, 9.17) is 16.7 Å². The van der Waals surface area contributed by atoms with Gasteiger partial charge in [-0.05, 0) is 29.8 Å². The van der Waals surface area contributed by atoms with Gasteiger partial charge in [0.25, 0.3) is 0 Å². The van der Waals surface area contributed by atoms with E-state index in [1.54, 1.807) is 24.7 Å². The van der Waals surface area contributed by atoms with Crippen LogP contribution in [-0.4, -0.2) is 24.5 Å². The van der Waals surface area contributed by atoms with Crippen LogP contribution in [-0.2, 0) is 6.54 Å². The zero-order valence-corrected chi connectivity index (χ0v) is 13.7. The Kier molecular flexibility index (Phi) is 3.67. The molecule has 0 aliphatic rings. The number of anilines is 2. The lowest BCUT2D eigenvalue weighted by Crippen LogP contribution is -2.03. The van der Waals surface area contributed by atoms with Crippen molar-refractivity contribution in [1.82, 2.24) is 24.5 Å². The normalized spacial score (nSPS) is 10.7. The molecule has 0 radical (unpaired) electrons. The standard InChI is InChI=1S/C18H14N8/c19-8-14-7-12(5-6-22-14)15-16-17(25-18(21)24-15)26(10-23-16)9-11-1-3-13(20)4-2-11/h1-7,10H,9,20H2,(H2,21,24,25).